The number of amides is 1. The molecule has 4 rings (SSSR count). The van der Waals surface area contributed by atoms with E-state index in [-0.39, 0.29) is 11.8 Å². The molecule has 0 bridgehead atoms. The first-order valence-electron chi connectivity index (χ1n) is 7.23. The Labute approximate surface area is 127 Å². The Morgan fingerprint density at radius 3 is 2.68 bits per heavy atom. The summed E-state index contributed by atoms with van der Waals surface area (Å²) >= 11 is 0. The summed E-state index contributed by atoms with van der Waals surface area (Å²) in [5.41, 5.74) is 9.03. The molecule has 3 N–H and O–H groups in total. The Hall–Kier alpha value is -2.89. The maximum atomic E-state index is 11.8. The SMILES string of the molecule is Nc1ccc(-c2cccc3nc(NC(=O)C4CC4)nn23)cc1. The van der Waals surface area contributed by atoms with Crippen molar-refractivity contribution >= 4 is 23.2 Å². The molecule has 2 aromatic heterocycles. The zero-order chi connectivity index (χ0) is 15.1. The van der Waals surface area contributed by atoms with Crippen molar-refractivity contribution in [1.82, 2.24) is 14.6 Å². The molecular formula is C16H15N5O. The first-order chi connectivity index (χ1) is 10.7. The zero-order valence-corrected chi connectivity index (χ0v) is 11.9. The van der Waals surface area contributed by atoms with Crippen molar-refractivity contribution in [3.05, 3.63) is 42.5 Å². The first kappa shape index (κ1) is 12.8. The van der Waals surface area contributed by atoms with Crippen LogP contribution in [0.5, 0.6) is 0 Å². The number of benzene rings is 1. The molecule has 0 aliphatic heterocycles. The van der Waals surface area contributed by atoms with Crippen molar-refractivity contribution in [3.8, 4) is 11.3 Å². The van der Waals surface area contributed by atoms with Gasteiger partial charge >= 0.3 is 0 Å². The Kier molecular flexibility index (Phi) is 2.82. The van der Waals surface area contributed by atoms with E-state index in [9.17, 15) is 4.79 Å². The van der Waals surface area contributed by atoms with Gasteiger partial charge in [0, 0.05) is 17.2 Å². The van der Waals surface area contributed by atoms with E-state index in [4.69, 9.17) is 5.73 Å². The fraction of sp³-hybridized carbons (Fsp3) is 0.188. The van der Waals surface area contributed by atoms with E-state index in [0.29, 0.717) is 17.3 Å². The number of aromatic nitrogens is 3. The minimum absolute atomic E-state index is 0.00457. The fourth-order valence-electron chi connectivity index (χ4n) is 2.39. The van der Waals surface area contributed by atoms with Crippen LogP contribution in [0.15, 0.2) is 42.5 Å². The van der Waals surface area contributed by atoms with E-state index in [0.717, 1.165) is 24.1 Å². The van der Waals surface area contributed by atoms with Crippen molar-refractivity contribution in [1.29, 1.82) is 0 Å². The predicted octanol–water partition coefficient (Wildman–Crippen LogP) is 2.33. The highest BCUT2D eigenvalue weighted by atomic mass is 16.2. The molecule has 1 aliphatic rings. The molecule has 0 saturated heterocycles. The van der Waals surface area contributed by atoms with Crippen molar-refractivity contribution in [2.75, 3.05) is 11.1 Å². The molecule has 1 aliphatic carbocycles. The minimum Gasteiger partial charge on any atom is -0.399 e. The first-order valence-corrected chi connectivity index (χ1v) is 7.23. The summed E-state index contributed by atoms with van der Waals surface area (Å²) in [6.07, 6.45) is 1.91. The van der Waals surface area contributed by atoms with Crippen LogP contribution in [0, 0.1) is 5.92 Å². The number of nitrogens with zero attached hydrogens (tertiary/aromatic N) is 3. The summed E-state index contributed by atoms with van der Waals surface area (Å²) < 4.78 is 1.73. The lowest BCUT2D eigenvalue weighted by molar-refractivity contribution is -0.117. The number of hydrogen-bond acceptors (Lipinski definition) is 4. The number of carbonyl (C=O) groups excluding carboxylic acids is 1. The maximum absolute atomic E-state index is 11.8. The van der Waals surface area contributed by atoms with Crippen LogP contribution in [0.4, 0.5) is 11.6 Å². The molecule has 2 heterocycles. The van der Waals surface area contributed by atoms with Crippen LogP contribution in [-0.4, -0.2) is 20.5 Å². The summed E-state index contributed by atoms with van der Waals surface area (Å²) in [5.74, 6) is 0.480. The highest BCUT2D eigenvalue weighted by molar-refractivity contribution is 5.92. The van der Waals surface area contributed by atoms with Gasteiger partial charge in [-0.2, -0.15) is 4.98 Å². The summed E-state index contributed by atoms with van der Waals surface area (Å²) in [6, 6.07) is 13.3. The highest BCUT2D eigenvalue weighted by Gasteiger charge is 2.30. The monoisotopic (exact) mass is 293 g/mol. The molecule has 1 saturated carbocycles. The maximum Gasteiger partial charge on any atom is 0.249 e. The topological polar surface area (TPSA) is 85.3 Å². The van der Waals surface area contributed by atoms with E-state index in [1.54, 1.807) is 4.52 Å². The number of carbonyl (C=O) groups is 1. The third kappa shape index (κ3) is 2.28. The van der Waals surface area contributed by atoms with Gasteiger partial charge in [-0.05, 0) is 37.1 Å². The van der Waals surface area contributed by atoms with E-state index in [1.165, 1.54) is 0 Å². The number of hydrogen-bond donors (Lipinski definition) is 2. The van der Waals surface area contributed by atoms with Gasteiger partial charge in [0.15, 0.2) is 5.65 Å². The second kappa shape index (κ2) is 4.84. The van der Waals surface area contributed by atoms with Crippen LogP contribution in [0.25, 0.3) is 16.9 Å². The van der Waals surface area contributed by atoms with Gasteiger partial charge < -0.3 is 5.73 Å². The molecule has 0 atom stereocenters. The van der Waals surface area contributed by atoms with Crippen LogP contribution >= 0.6 is 0 Å². The Balaban J connectivity index is 1.74. The molecular weight excluding hydrogens is 278 g/mol. The Morgan fingerprint density at radius 2 is 1.95 bits per heavy atom. The molecule has 0 spiro atoms. The van der Waals surface area contributed by atoms with Crippen molar-refractivity contribution in [2.24, 2.45) is 5.92 Å². The molecule has 1 amide bonds. The van der Waals surface area contributed by atoms with Gasteiger partial charge in [0.05, 0.1) is 5.69 Å². The van der Waals surface area contributed by atoms with Gasteiger partial charge in [-0.1, -0.05) is 18.2 Å². The standard InChI is InChI=1S/C16H15N5O/c17-12-8-6-10(7-9-12)13-2-1-3-14-18-16(20-21(13)14)19-15(22)11-4-5-11/h1-3,6-9,11H,4-5,17H2,(H,19,20,22). The number of nitrogens with one attached hydrogen (secondary N) is 1. The second-order valence-electron chi connectivity index (χ2n) is 5.50. The zero-order valence-electron chi connectivity index (χ0n) is 11.9. The van der Waals surface area contributed by atoms with Gasteiger partial charge in [0.1, 0.15) is 0 Å². The van der Waals surface area contributed by atoms with Gasteiger partial charge in [0.25, 0.3) is 0 Å². The van der Waals surface area contributed by atoms with Crippen LogP contribution < -0.4 is 11.1 Å². The lowest BCUT2D eigenvalue weighted by Crippen LogP contribution is -2.14. The van der Waals surface area contributed by atoms with E-state index < -0.39 is 0 Å². The Bertz CT molecular complexity index is 849. The largest absolute Gasteiger partial charge is 0.399 e. The second-order valence-corrected chi connectivity index (χ2v) is 5.50. The minimum atomic E-state index is 0.00457. The lowest BCUT2D eigenvalue weighted by Gasteiger charge is -2.04. The number of anilines is 2. The summed E-state index contributed by atoms with van der Waals surface area (Å²) in [4.78, 5) is 16.2. The predicted molar refractivity (Wildman–Crippen MR) is 84.2 cm³/mol. The van der Waals surface area contributed by atoms with Gasteiger partial charge in [-0.3, -0.25) is 10.1 Å². The summed E-state index contributed by atoms with van der Waals surface area (Å²) in [5, 5.41) is 7.18. The summed E-state index contributed by atoms with van der Waals surface area (Å²) in [6.45, 7) is 0. The van der Waals surface area contributed by atoms with Gasteiger partial charge in [0.2, 0.25) is 11.9 Å². The fourth-order valence-corrected chi connectivity index (χ4v) is 2.39. The van der Waals surface area contributed by atoms with Crippen molar-refractivity contribution in [2.45, 2.75) is 12.8 Å². The third-order valence-electron chi connectivity index (χ3n) is 3.75. The Morgan fingerprint density at radius 1 is 1.18 bits per heavy atom. The van der Waals surface area contributed by atoms with Crippen molar-refractivity contribution < 1.29 is 4.79 Å². The van der Waals surface area contributed by atoms with Gasteiger partial charge in [-0.25, -0.2) is 4.52 Å². The smallest absolute Gasteiger partial charge is 0.249 e. The molecule has 6 nitrogen and oxygen atoms in total. The quantitative estimate of drug-likeness (QED) is 0.726. The number of rotatable bonds is 3. The number of pyridine rings is 1. The molecule has 0 unspecified atom stereocenters. The van der Waals surface area contributed by atoms with E-state index >= 15 is 0 Å². The van der Waals surface area contributed by atoms with Gasteiger partial charge in [-0.15, -0.1) is 5.10 Å². The van der Waals surface area contributed by atoms with E-state index in [2.05, 4.69) is 15.4 Å². The average Bonchev–Trinajstić information content (AvgIpc) is 3.28. The normalized spacial score (nSPS) is 14.2. The highest BCUT2D eigenvalue weighted by Crippen LogP contribution is 2.30. The van der Waals surface area contributed by atoms with Crippen LogP contribution in [-0.2, 0) is 4.79 Å². The van der Waals surface area contributed by atoms with Crippen LogP contribution in [0.2, 0.25) is 0 Å². The number of fused-ring (bicyclic) bond motifs is 1. The molecule has 1 fully saturated rings. The summed E-state index contributed by atoms with van der Waals surface area (Å²) in [7, 11) is 0. The molecule has 22 heavy (non-hydrogen) atoms. The molecule has 1 aromatic carbocycles. The molecule has 110 valence electrons. The van der Waals surface area contributed by atoms with E-state index in [1.807, 2.05) is 42.5 Å². The molecule has 3 aromatic rings. The molecule has 0 radical (unpaired) electrons. The third-order valence-corrected chi connectivity index (χ3v) is 3.75. The van der Waals surface area contributed by atoms with Crippen LogP contribution in [0.1, 0.15) is 12.8 Å². The number of nitrogen functional groups attached to an aromatic ring is 1. The van der Waals surface area contributed by atoms with Crippen LogP contribution in [0.3, 0.4) is 0 Å². The average molecular weight is 293 g/mol. The van der Waals surface area contributed by atoms with Crippen molar-refractivity contribution in [3.63, 3.8) is 0 Å². The lowest BCUT2D eigenvalue weighted by atomic mass is 10.1. The number of nitrogens with two attached hydrogens (primary N) is 1. The molecule has 6 heteroatoms.